The molecule has 1 aromatic rings. The zero-order chi connectivity index (χ0) is 11.3. The molecule has 1 rings (SSSR count). The van der Waals surface area contributed by atoms with Gasteiger partial charge in [-0.05, 0) is 25.1 Å². The predicted molar refractivity (Wildman–Crippen MR) is 64.6 cm³/mol. The fourth-order valence-electron chi connectivity index (χ4n) is 1.29. The topological polar surface area (TPSA) is 18.5 Å². The van der Waals surface area contributed by atoms with E-state index in [1.54, 1.807) is 26.0 Å². The standard InChI is InChI=1S/C11H15ClO2S/c1-8(11(13-2)14-3)15-10-6-4-5-9(12)7-10/h4-8,11H,1-3H3. The van der Waals surface area contributed by atoms with Crippen LogP contribution in [0.2, 0.25) is 5.02 Å². The molecule has 0 aliphatic heterocycles. The Morgan fingerprint density at radius 1 is 1.27 bits per heavy atom. The molecule has 0 aliphatic rings. The van der Waals surface area contributed by atoms with Crippen molar-refractivity contribution in [1.82, 2.24) is 0 Å². The van der Waals surface area contributed by atoms with E-state index in [9.17, 15) is 0 Å². The van der Waals surface area contributed by atoms with E-state index in [2.05, 4.69) is 6.92 Å². The molecule has 0 heterocycles. The smallest absolute Gasteiger partial charge is 0.168 e. The molecule has 0 amide bonds. The third kappa shape index (κ3) is 4.03. The summed E-state index contributed by atoms with van der Waals surface area (Å²) in [6.45, 7) is 2.06. The summed E-state index contributed by atoms with van der Waals surface area (Å²) in [4.78, 5) is 1.12. The maximum absolute atomic E-state index is 5.90. The Hall–Kier alpha value is -0.220. The summed E-state index contributed by atoms with van der Waals surface area (Å²) >= 11 is 7.58. The third-order valence-electron chi connectivity index (χ3n) is 1.97. The summed E-state index contributed by atoms with van der Waals surface area (Å²) in [5.41, 5.74) is 0. The lowest BCUT2D eigenvalue weighted by atomic mass is 10.4. The maximum Gasteiger partial charge on any atom is 0.168 e. The number of ether oxygens (including phenoxy) is 2. The Balaban J connectivity index is 2.61. The molecule has 0 N–H and O–H groups in total. The molecule has 0 fully saturated rings. The summed E-state index contributed by atoms with van der Waals surface area (Å²) in [5, 5.41) is 0.969. The van der Waals surface area contributed by atoms with Gasteiger partial charge in [0.05, 0.1) is 5.25 Å². The highest BCUT2D eigenvalue weighted by Gasteiger charge is 2.16. The molecule has 2 nitrogen and oxygen atoms in total. The summed E-state index contributed by atoms with van der Waals surface area (Å²) in [7, 11) is 3.28. The van der Waals surface area contributed by atoms with Crippen LogP contribution in [0.4, 0.5) is 0 Å². The van der Waals surface area contributed by atoms with Gasteiger partial charge in [0.25, 0.3) is 0 Å². The van der Waals surface area contributed by atoms with Crippen LogP contribution >= 0.6 is 23.4 Å². The fourth-order valence-corrected chi connectivity index (χ4v) is 2.66. The van der Waals surface area contributed by atoms with Crippen LogP contribution in [-0.4, -0.2) is 25.8 Å². The lowest BCUT2D eigenvalue weighted by molar-refractivity contribution is -0.0988. The predicted octanol–water partition coefficient (Wildman–Crippen LogP) is 3.44. The summed E-state index contributed by atoms with van der Waals surface area (Å²) in [5.74, 6) is 0. The summed E-state index contributed by atoms with van der Waals surface area (Å²) in [6, 6.07) is 7.76. The van der Waals surface area contributed by atoms with Gasteiger partial charge < -0.3 is 9.47 Å². The Kier molecular flexibility index (Phi) is 5.47. The van der Waals surface area contributed by atoms with Crippen molar-refractivity contribution in [3.63, 3.8) is 0 Å². The van der Waals surface area contributed by atoms with Gasteiger partial charge in [-0.25, -0.2) is 0 Å². The van der Waals surface area contributed by atoms with Gasteiger partial charge in [0.15, 0.2) is 6.29 Å². The molecule has 0 aromatic heterocycles. The van der Waals surface area contributed by atoms with Gasteiger partial charge in [0, 0.05) is 24.1 Å². The highest BCUT2D eigenvalue weighted by atomic mass is 35.5. The second-order valence-electron chi connectivity index (χ2n) is 3.12. The Bertz CT molecular complexity index is 302. The molecular weight excluding hydrogens is 232 g/mol. The summed E-state index contributed by atoms with van der Waals surface area (Å²) in [6.07, 6.45) is -0.200. The normalized spacial score (nSPS) is 13.1. The van der Waals surface area contributed by atoms with Crippen molar-refractivity contribution in [3.05, 3.63) is 29.3 Å². The van der Waals surface area contributed by atoms with Gasteiger partial charge in [0.1, 0.15) is 0 Å². The van der Waals surface area contributed by atoms with E-state index in [0.29, 0.717) is 0 Å². The largest absolute Gasteiger partial charge is 0.355 e. The first-order valence-electron chi connectivity index (χ1n) is 4.65. The second kappa shape index (κ2) is 6.38. The van der Waals surface area contributed by atoms with E-state index in [1.807, 2.05) is 24.3 Å². The van der Waals surface area contributed by atoms with E-state index in [1.165, 1.54) is 0 Å². The maximum atomic E-state index is 5.90. The number of methoxy groups -OCH3 is 2. The highest BCUT2D eigenvalue weighted by Crippen LogP contribution is 2.28. The Labute approximate surface area is 99.9 Å². The first-order chi connectivity index (χ1) is 7.17. The van der Waals surface area contributed by atoms with Gasteiger partial charge in [-0.2, -0.15) is 0 Å². The minimum absolute atomic E-state index is 0.200. The summed E-state index contributed by atoms with van der Waals surface area (Å²) < 4.78 is 10.4. The lowest BCUT2D eigenvalue weighted by Crippen LogP contribution is -2.24. The quantitative estimate of drug-likeness (QED) is 0.586. The molecule has 0 saturated heterocycles. The lowest BCUT2D eigenvalue weighted by Gasteiger charge is -2.20. The van der Waals surface area contributed by atoms with Crippen LogP contribution in [0.3, 0.4) is 0 Å². The third-order valence-corrected chi connectivity index (χ3v) is 3.32. The molecule has 1 atom stereocenters. The second-order valence-corrected chi connectivity index (χ2v) is 5.01. The monoisotopic (exact) mass is 246 g/mol. The molecule has 0 saturated carbocycles. The number of hydrogen-bond acceptors (Lipinski definition) is 3. The zero-order valence-corrected chi connectivity index (χ0v) is 10.6. The van der Waals surface area contributed by atoms with E-state index in [4.69, 9.17) is 21.1 Å². The van der Waals surface area contributed by atoms with E-state index >= 15 is 0 Å². The van der Waals surface area contributed by atoms with Crippen LogP contribution in [0.15, 0.2) is 29.2 Å². The van der Waals surface area contributed by atoms with E-state index in [-0.39, 0.29) is 11.5 Å². The average Bonchev–Trinajstić information content (AvgIpc) is 2.19. The molecule has 1 aromatic carbocycles. The van der Waals surface area contributed by atoms with Gasteiger partial charge in [-0.1, -0.05) is 17.7 Å². The molecule has 0 aliphatic carbocycles. The number of thioether (sulfide) groups is 1. The first-order valence-corrected chi connectivity index (χ1v) is 5.91. The Morgan fingerprint density at radius 3 is 2.47 bits per heavy atom. The van der Waals surface area contributed by atoms with Gasteiger partial charge in [-0.15, -0.1) is 11.8 Å². The van der Waals surface area contributed by atoms with E-state index < -0.39 is 0 Å². The van der Waals surface area contributed by atoms with Crippen LogP contribution < -0.4 is 0 Å². The van der Waals surface area contributed by atoms with Gasteiger partial charge in [0.2, 0.25) is 0 Å². The number of benzene rings is 1. The van der Waals surface area contributed by atoms with Crippen molar-refractivity contribution in [3.8, 4) is 0 Å². The highest BCUT2D eigenvalue weighted by molar-refractivity contribution is 8.00. The minimum atomic E-state index is -0.200. The molecule has 0 bridgehead atoms. The van der Waals surface area contributed by atoms with Crippen LogP contribution in [0, 0.1) is 0 Å². The van der Waals surface area contributed by atoms with Gasteiger partial charge in [-0.3, -0.25) is 0 Å². The van der Waals surface area contributed by atoms with Crippen LogP contribution in [0.25, 0.3) is 0 Å². The van der Waals surface area contributed by atoms with Crippen LogP contribution in [0.5, 0.6) is 0 Å². The minimum Gasteiger partial charge on any atom is -0.355 e. The number of hydrogen-bond donors (Lipinski definition) is 0. The zero-order valence-electron chi connectivity index (χ0n) is 9.07. The molecule has 1 unspecified atom stereocenters. The molecule has 0 spiro atoms. The number of halogens is 1. The molecule has 4 heteroatoms. The molecule has 84 valence electrons. The van der Waals surface area contributed by atoms with Crippen molar-refractivity contribution in [2.45, 2.75) is 23.4 Å². The first kappa shape index (κ1) is 12.8. The molecule has 15 heavy (non-hydrogen) atoms. The van der Waals surface area contributed by atoms with Gasteiger partial charge >= 0.3 is 0 Å². The SMILES string of the molecule is COC(OC)C(C)Sc1cccc(Cl)c1. The Morgan fingerprint density at radius 2 is 1.93 bits per heavy atom. The molecule has 0 radical (unpaired) electrons. The van der Waals surface area contributed by atoms with Crippen LogP contribution in [-0.2, 0) is 9.47 Å². The van der Waals surface area contributed by atoms with E-state index in [0.717, 1.165) is 9.92 Å². The van der Waals surface area contributed by atoms with Crippen molar-refractivity contribution < 1.29 is 9.47 Å². The number of rotatable bonds is 5. The van der Waals surface area contributed by atoms with Crippen molar-refractivity contribution in [2.24, 2.45) is 0 Å². The molecular formula is C11H15ClO2S. The average molecular weight is 247 g/mol. The fraction of sp³-hybridized carbons (Fsp3) is 0.455. The van der Waals surface area contributed by atoms with Crippen molar-refractivity contribution in [1.29, 1.82) is 0 Å². The van der Waals surface area contributed by atoms with Crippen LogP contribution in [0.1, 0.15) is 6.92 Å². The van der Waals surface area contributed by atoms with Crippen molar-refractivity contribution >= 4 is 23.4 Å². The van der Waals surface area contributed by atoms with Crippen molar-refractivity contribution in [2.75, 3.05) is 14.2 Å².